The van der Waals surface area contributed by atoms with Crippen molar-refractivity contribution in [3.63, 3.8) is 0 Å². The van der Waals surface area contributed by atoms with Gasteiger partial charge in [-0.05, 0) is 48.7 Å². The number of carbonyl (C=O) groups excluding carboxylic acids is 2. The fourth-order valence-electron chi connectivity index (χ4n) is 4.36. The molecule has 1 amide bonds. The highest BCUT2D eigenvalue weighted by Gasteiger charge is 2.39. The summed E-state index contributed by atoms with van der Waals surface area (Å²) in [6, 6.07) is 23.4. The van der Waals surface area contributed by atoms with Crippen LogP contribution in [0.1, 0.15) is 51.5 Å². The van der Waals surface area contributed by atoms with Crippen LogP contribution in [0.15, 0.2) is 82.9 Å². The van der Waals surface area contributed by atoms with E-state index < -0.39 is 5.25 Å². The number of amidine groups is 1. The molecule has 0 saturated heterocycles. The number of amides is 1. The number of carbonyl (C=O) groups is 2. The molecule has 0 radical (unpaired) electrons. The lowest BCUT2D eigenvalue weighted by Gasteiger charge is -2.23. The minimum atomic E-state index is -0.556. The molecule has 0 aromatic heterocycles. The van der Waals surface area contributed by atoms with Gasteiger partial charge in [-0.25, -0.2) is 5.01 Å². The molecule has 2 heterocycles. The van der Waals surface area contributed by atoms with Gasteiger partial charge in [-0.2, -0.15) is 10.1 Å². The van der Waals surface area contributed by atoms with E-state index in [-0.39, 0.29) is 24.2 Å². The normalized spacial score (nSPS) is 19.6. The van der Waals surface area contributed by atoms with Crippen LogP contribution in [0.2, 0.25) is 5.02 Å². The van der Waals surface area contributed by atoms with Crippen molar-refractivity contribution in [2.24, 2.45) is 10.1 Å². The Morgan fingerprint density at radius 3 is 2.54 bits per heavy atom. The molecule has 0 unspecified atom stereocenters. The molecule has 7 heteroatoms. The Morgan fingerprint density at radius 2 is 1.80 bits per heavy atom. The molecule has 0 bridgehead atoms. The molecule has 176 valence electrons. The van der Waals surface area contributed by atoms with E-state index in [2.05, 4.69) is 4.99 Å². The predicted molar refractivity (Wildman–Crippen MR) is 142 cm³/mol. The molecule has 0 N–H and O–H groups in total. The number of Topliss-reactive ketones (excluding diaryl/α,β-unsaturated/α-hetero) is 1. The lowest BCUT2D eigenvalue weighted by atomic mass is 9.99. The van der Waals surface area contributed by atoms with E-state index in [4.69, 9.17) is 16.7 Å². The summed E-state index contributed by atoms with van der Waals surface area (Å²) in [6.45, 7) is 3.87. The smallest absolute Gasteiger partial charge is 0.262 e. The zero-order valence-corrected chi connectivity index (χ0v) is 21.0. The summed E-state index contributed by atoms with van der Waals surface area (Å²) < 4.78 is 0. The van der Waals surface area contributed by atoms with Crippen molar-refractivity contribution in [3.8, 4) is 0 Å². The second kappa shape index (κ2) is 9.80. The average Bonchev–Trinajstić information content (AvgIpc) is 3.46. The number of hydrazone groups is 1. The van der Waals surface area contributed by atoms with Crippen LogP contribution in [0.5, 0.6) is 0 Å². The van der Waals surface area contributed by atoms with Crippen LogP contribution in [0.3, 0.4) is 0 Å². The molecule has 5 rings (SSSR count). The van der Waals surface area contributed by atoms with E-state index in [1.807, 2.05) is 91.7 Å². The van der Waals surface area contributed by atoms with E-state index in [0.29, 0.717) is 22.2 Å². The van der Waals surface area contributed by atoms with Crippen LogP contribution in [0.4, 0.5) is 0 Å². The molecular weight excluding hydrogens is 478 g/mol. The summed E-state index contributed by atoms with van der Waals surface area (Å²) in [7, 11) is 0. The fourth-order valence-corrected chi connectivity index (χ4v) is 5.54. The number of hydrogen-bond acceptors (Lipinski definition) is 5. The lowest BCUT2D eigenvalue weighted by molar-refractivity contribution is -0.117. The largest absolute Gasteiger partial charge is 0.294 e. The standard InChI is InChI=1S/C28H24ClN3O2S/c1-17-8-9-18(2)22(14-17)25(33)16-26-27(34)30-28(35-26)32-24(20-10-12-21(29)13-11-20)15-23(31-32)19-6-4-3-5-7-19/h3-14,24,26H,15-16H2,1-2H3/t24-,26-/m0/s1. The van der Waals surface area contributed by atoms with E-state index >= 15 is 0 Å². The first-order chi connectivity index (χ1) is 16.9. The van der Waals surface area contributed by atoms with Crippen LogP contribution in [0.25, 0.3) is 0 Å². The van der Waals surface area contributed by atoms with Gasteiger partial charge in [-0.1, -0.05) is 83.5 Å². The summed E-state index contributed by atoms with van der Waals surface area (Å²) in [6.07, 6.45) is 0.779. The molecule has 0 aliphatic carbocycles. The first kappa shape index (κ1) is 23.5. The SMILES string of the molecule is Cc1ccc(C)c(C(=O)C[C@@H]2SC(N3N=C(c4ccccc4)C[C@H]3c3ccc(Cl)cc3)=NC2=O)c1. The topological polar surface area (TPSA) is 62.1 Å². The maximum atomic E-state index is 13.0. The van der Waals surface area contributed by atoms with Crippen molar-refractivity contribution in [1.29, 1.82) is 0 Å². The van der Waals surface area contributed by atoms with Crippen molar-refractivity contribution >= 4 is 45.9 Å². The van der Waals surface area contributed by atoms with Gasteiger partial charge in [-0.15, -0.1) is 0 Å². The van der Waals surface area contributed by atoms with Gasteiger partial charge >= 0.3 is 0 Å². The highest BCUT2D eigenvalue weighted by Crippen LogP contribution is 2.39. The van der Waals surface area contributed by atoms with E-state index in [1.165, 1.54) is 11.8 Å². The summed E-state index contributed by atoms with van der Waals surface area (Å²) >= 11 is 7.44. The Kier molecular flexibility index (Phi) is 6.58. The Bertz CT molecular complexity index is 1350. The van der Waals surface area contributed by atoms with Gasteiger partial charge in [0.2, 0.25) is 0 Å². The minimum absolute atomic E-state index is 0.0438. The van der Waals surface area contributed by atoms with Gasteiger partial charge in [0.1, 0.15) is 5.25 Å². The summed E-state index contributed by atoms with van der Waals surface area (Å²) in [5, 5.41) is 7.34. The van der Waals surface area contributed by atoms with Gasteiger partial charge in [0, 0.05) is 23.4 Å². The molecule has 0 spiro atoms. The number of aliphatic imine (C=N–C) groups is 1. The maximum absolute atomic E-state index is 13.0. The summed E-state index contributed by atoms with van der Waals surface area (Å²) in [5.74, 6) is -0.334. The lowest BCUT2D eigenvalue weighted by Crippen LogP contribution is -2.24. The van der Waals surface area contributed by atoms with Crippen molar-refractivity contribution in [2.75, 3.05) is 0 Å². The van der Waals surface area contributed by atoms with Crippen LogP contribution in [-0.2, 0) is 4.79 Å². The maximum Gasteiger partial charge on any atom is 0.262 e. The van der Waals surface area contributed by atoms with Crippen LogP contribution >= 0.6 is 23.4 Å². The van der Waals surface area contributed by atoms with Gasteiger partial charge in [0.05, 0.1) is 11.8 Å². The third-order valence-corrected chi connectivity index (χ3v) is 7.66. The number of aryl methyl sites for hydroxylation is 2. The average molecular weight is 502 g/mol. The van der Waals surface area contributed by atoms with Gasteiger partial charge in [0.15, 0.2) is 11.0 Å². The number of hydrogen-bond donors (Lipinski definition) is 0. The molecule has 3 aromatic rings. The zero-order chi connectivity index (χ0) is 24.5. The van der Waals surface area contributed by atoms with Crippen molar-refractivity contribution in [2.45, 2.75) is 38.0 Å². The fraction of sp³-hybridized carbons (Fsp3) is 0.214. The third kappa shape index (κ3) is 4.95. The predicted octanol–water partition coefficient (Wildman–Crippen LogP) is 6.38. The molecule has 2 aliphatic heterocycles. The molecule has 35 heavy (non-hydrogen) atoms. The van der Waals surface area contributed by atoms with Gasteiger partial charge in [0.25, 0.3) is 5.91 Å². The Hall–Kier alpha value is -3.22. The van der Waals surface area contributed by atoms with Gasteiger partial charge in [-0.3, -0.25) is 9.59 Å². The van der Waals surface area contributed by atoms with Crippen LogP contribution in [-0.4, -0.2) is 32.8 Å². The number of ketones is 1. The molecule has 5 nitrogen and oxygen atoms in total. The molecular formula is C28H24ClN3O2S. The Labute approximate surface area is 213 Å². The highest BCUT2D eigenvalue weighted by molar-refractivity contribution is 8.15. The molecule has 0 fully saturated rings. The number of halogens is 1. The molecule has 3 aromatic carbocycles. The number of rotatable bonds is 5. The summed E-state index contributed by atoms with van der Waals surface area (Å²) in [5.41, 5.74) is 5.59. The quantitative estimate of drug-likeness (QED) is 0.380. The first-order valence-corrected chi connectivity index (χ1v) is 12.7. The Balaban J connectivity index is 1.40. The minimum Gasteiger partial charge on any atom is -0.294 e. The molecule has 2 aliphatic rings. The molecule has 0 saturated carbocycles. The van der Waals surface area contributed by atoms with E-state index in [1.54, 1.807) is 0 Å². The van der Waals surface area contributed by atoms with Crippen LogP contribution < -0.4 is 0 Å². The third-order valence-electron chi connectivity index (χ3n) is 6.26. The first-order valence-electron chi connectivity index (χ1n) is 11.5. The van der Waals surface area contributed by atoms with Gasteiger partial charge < -0.3 is 0 Å². The Morgan fingerprint density at radius 1 is 1.06 bits per heavy atom. The van der Waals surface area contributed by atoms with Crippen LogP contribution in [0, 0.1) is 13.8 Å². The van der Waals surface area contributed by atoms with Crippen molar-refractivity contribution < 1.29 is 9.59 Å². The number of benzene rings is 3. The monoisotopic (exact) mass is 501 g/mol. The number of thioether (sulfide) groups is 1. The van der Waals surface area contributed by atoms with Crippen molar-refractivity contribution in [3.05, 3.63) is 106 Å². The second-order valence-corrected chi connectivity index (χ2v) is 10.4. The summed E-state index contributed by atoms with van der Waals surface area (Å²) in [4.78, 5) is 30.2. The zero-order valence-electron chi connectivity index (χ0n) is 19.4. The van der Waals surface area contributed by atoms with E-state index in [0.717, 1.165) is 28.0 Å². The van der Waals surface area contributed by atoms with Crippen molar-refractivity contribution in [1.82, 2.24) is 5.01 Å². The number of nitrogens with zero attached hydrogens (tertiary/aromatic N) is 3. The van der Waals surface area contributed by atoms with E-state index in [9.17, 15) is 9.59 Å². The molecule has 2 atom stereocenters. The second-order valence-electron chi connectivity index (χ2n) is 8.81. The highest BCUT2D eigenvalue weighted by atomic mass is 35.5.